The smallest absolute Gasteiger partial charge is 0.272 e. The summed E-state index contributed by atoms with van der Waals surface area (Å²) in [6.07, 6.45) is -0.961. The monoisotopic (exact) mass is 333 g/mol. The number of aliphatic hydroxyl groups is 1. The lowest BCUT2D eigenvalue weighted by molar-refractivity contribution is -0.385. The molecular weight excluding hydrogens is 318 g/mol. The van der Waals surface area contributed by atoms with Crippen LogP contribution in [0.5, 0.6) is 0 Å². The molecule has 25 heavy (non-hydrogen) atoms. The Bertz CT molecular complexity index is 1110. The van der Waals surface area contributed by atoms with Gasteiger partial charge in [0.15, 0.2) is 0 Å². The van der Waals surface area contributed by atoms with Crippen LogP contribution in [0, 0.1) is 17.0 Å². The summed E-state index contributed by atoms with van der Waals surface area (Å²) in [5.74, 6) is 0. The fourth-order valence-corrected chi connectivity index (χ4v) is 3.23. The Morgan fingerprint density at radius 3 is 2.56 bits per heavy atom. The Labute approximate surface area is 143 Å². The van der Waals surface area contributed by atoms with E-state index < -0.39 is 11.0 Å². The van der Waals surface area contributed by atoms with Crippen molar-refractivity contribution in [3.63, 3.8) is 0 Å². The van der Waals surface area contributed by atoms with Crippen molar-refractivity contribution in [3.05, 3.63) is 87.5 Å². The van der Waals surface area contributed by atoms with Crippen LogP contribution in [0.25, 0.3) is 21.9 Å². The summed E-state index contributed by atoms with van der Waals surface area (Å²) < 4.78 is 5.85. The number of fused-ring (bicyclic) bond motifs is 3. The highest BCUT2D eigenvalue weighted by Crippen LogP contribution is 2.34. The highest BCUT2D eigenvalue weighted by Gasteiger charge is 2.20. The van der Waals surface area contributed by atoms with E-state index in [2.05, 4.69) is 0 Å². The van der Waals surface area contributed by atoms with Crippen molar-refractivity contribution in [2.75, 3.05) is 0 Å². The van der Waals surface area contributed by atoms with Crippen molar-refractivity contribution in [1.82, 2.24) is 0 Å². The van der Waals surface area contributed by atoms with E-state index in [1.54, 1.807) is 25.1 Å². The van der Waals surface area contributed by atoms with Gasteiger partial charge in [0.05, 0.1) is 4.92 Å². The average molecular weight is 333 g/mol. The maximum Gasteiger partial charge on any atom is 0.272 e. The van der Waals surface area contributed by atoms with Crippen molar-refractivity contribution in [2.45, 2.75) is 13.0 Å². The summed E-state index contributed by atoms with van der Waals surface area (Å²) in [5, 5.41) is 23.9. The van der Waals surface area contributed by atoms with Crippen LogP contribution in [0.2, 0.25) is 0 Å². The molecule has 0 spiro atoms. The van der Waals surface area contributed by atoms with Crippen LogP contribution in [0.15, 0.2) is 65.1 Å². The molecule has 0 aliphatic heterocycles. The van der Waals surface area contributed by atoms with Crippen LogP contribution in [0.4, 0.5) is 5.69 Å². The topological polar surface area (TPSA) is 76.5 Å². The van der Waals surface area contributed by atoms with Crippen molar-refractivity contribution < 1.29 is 14.4 Å². The standard InChI is InChI=1S/C20H15NO4/c1-12-14(6-4-7-17(12)21(23)24)20(22)13-9-10-16-15-5-2-3-8-18(15)25-19(16)11-13/h2-11,20,22H,1H3/t20-/m0/s1. The molecule has 4 aromatic rings. The van der Waals surface area contributed by atoms with Crippen LogP contribution < -0.4 is 0 Å². The molecule has 0 bridgehead atoms. The Kier molecular flexibility index (Phi) is 3.51. The molecule has 0 aliphatic carbocycles. The van der Waals surface area contributed by atoms with Gasteiger partial charge in [-0.3, -0.25) is 10.1 Å². The molecular formula is C20H15NO4. The SMILES string of the molecule is Cc1c([C@@H](O)c2ccc3c(c2)oc2ccccc23)cccc1[N+](=O)[O-]. The molecule has 1 aromatic heterocycles. The summed E-state index contributed by atoms with van der Waals surface area (Å²) in [6.45, 7) is 1.65. The predicted octanol–water partition coefficient (Wildman–Crippen LogP) is 4.88. The van der Waals surface area contributed by atoms with Gasteiger partial charge in [-0.2, -0.15) is 0 Å². The molecule has 0 saturated heterocycles. The number of aliphatic hydroxyl groups excluding tert-OH is 1. The average Bonchev–Trinajstić information content (AvgIpc) is 2.98. The van der Waals surface area contributed by atoms with Gasteiger partial charge in [0.25, 0.3) is 5.69 Å². The van der Waals surface area contributed by atoms with Gasteiger partial charge in [0.2, 0.25) is 0 Å². The molecule has 0 amide bonds. The first-order valence-corrected chi connectivity index (χ1v) is 7.89. The van der Waals surface area contributed by atoms with E-state index in [0.717, 1.165) is 16.4 Å². The predicted molar refractivity (Wildman–Crippen MR) is 95.6 cm³/mol. The minimum atomic E-state index is -0.961. The first kappa shape index (κ1) is 15.4. The molecule has 3 aromatic carbocycles. The Morgan fingerprint density at radius 2 is 1.76 bits per heavy atom. The second-order valence-electron chi connectivity index (χ2n) is 6.00. The molecule has 0 fully saturated rings. The van der Waals surface area contributed by atoms with E-state index in [-0.39, 0.29) is 5.69 Å². The van der Waals surface area contributed by atoms with Gasteiger partial charge >= 0.3 is 0 Å². The van der Waals surface area contributed by atoms with Gasteiger partial charge in [-0.05, 0) is 30.2 Å². The second-order valence-corrected chi connectivity index (χ2v) is 6.00. The van der Waals surface area contributed by atoms with E-state index >= 15 is 0 Å². The summed E-state index contributed by atoms with van der Waals surface area (Å²) in [6, 6.07) is 18.0. The van der Waals surface area contributed by atoms with Crippen molar-refractivity contribution >= 4 is 27.6 Å². The van der Waals surface area contributed by atoms with Crippen molar-refractivity contribution in [2.24, 2.45) is 0 Å². The highest BCUT2D eigenvalue weighted by atomic mass is 16.6. The van der Waals surface area contributed by atoms with E-state index in [1.807, 2.05) is 36.4 Å². The molecule has 1 atom stereocenters. The summed E-state index contributed by atoms with van der Waals surface area (Å²) in [5.41, 5.74) is 3.09. The Morgan fingerprint density at radius 1 is 1.00 bits per heavy atom. The number of hydrogen-bond acceptors (Lipinski definition) is 4. The fourth-order valence-electron chi connectivity index (χ4n) is 3.23. The number of nitro benzene ring substituents is 1. The van der Waals surface area contributed by atoms with Crippen molar-refractivity contribution in [1.29, 1.82) is 0 Å². The zero-order chi connectivity index (χ0) is 17.6. The Balaban J connectivity index is 1.83. The molecule has 5 nitrogen and oxygen atoms in total. The van der Waals surface area contributed by atoms with Crippen LogP contribution in [0.3, 0.4) is 0 Å². The summed E-state index contributed by atoms with van der Waals surface area (Å²) >= 11 is 0. The molecule has 1 heterocycles. The number of benzene rings is 3. The largest absolute Gasteiger partial charge is 0.456 e. The lowest BCUT2D eigenvalue weighted by Crippen LogP contribution is -2.04. The van der Waals surface area contributed by atoms with E-state index in [4.69, 9.17) is 4.42 Å². The second kappa shape index (κ2) is 5.72. The summed E-state index contributed by atoms with van der Waals surface area (Å²) in [7, 11) is 0. The van der Waals surface area contributed by atoms with Crippen LogP contribution in [-0.2, 0) is 0 Å². The number of hydrogen-bond donors (Lipinski definition) is 1. The maximum absolute atomic E-state index is 11.1. The lowest BCUT2D eigenvalue weighted by atomic mass is 9.96. The first-order valence-electron chi connectivity index (χ1n) is 7.89. The van der Waals surface area contributed by atoms with Gasteiger partial charge < -0.3 is 9.52 Å². The molecule has 0 radical (unpaired) electrons. The molecule has 1 N–H and O–H groups in total. The maximum atomic E-state index is 11.1. The van der Waals surface area contributed by atoms with Crippen LogP contribution in [0.1, 0.15) is 22.8 Å². The van der Waals surface area contributed by atoms with E-state index in [0.29, 0.717) is 22.3 Å². The number of furan rings is 1. The first-order chi connectivity index (χ1) is 12.1. The van der Waals surface area contributed by atoms with Gasteiger partial charge in [-0.15, -0.1) is 0 Å². The van der Waals surface area contributed by atoms with Crippen LogP contribution >= 0.6 is 0 Å². The normalized spacial score (nSPS) is 12.6. The van der Waals surface area contributed by atoms with Crippen LogP contribution in [-0.4, -0.2) is 10.0 Å². The van der Waals surface area contributed by atoms with Crippen molar-refractivity contribution in [3.8, 4) is 0 Å². The Hall–Kier alpha value is -3.18. The zero-order valence-corrected chi connectivity index (χ0v) is 13.5. The highest BCUT2D eigenvalue weighted by molar-refractivity contribution is 6.04. The molecule has 0 aliphatic rings. The minimum Gasteiger partial charge on any atom is -0.456 e. The van der Waals surface area contributed by atoms with Gasteiger partial charge in [-0.25, -0.2) is 0 Å². The number of para-hydroxylation sites is 1. The number of nitro groups is 1. The fraction of sp³-hybridized carbons (Fsp3) is 0.100. The molecule has 0 unspecified atom stereocenters. The number of rotatable bonds is 3. The lowest BCUT2D eigenvalue weighted by Gasteiger charge is -2.14. The van der Waals surface area contributed by atoms with Gasteiger partial charge in [0.1, 0.15) is 17.3 Å². The quantitative estimate of drug-likeness (QED) is 0.428. The third kappa shape index (κ3) is 2.45. The van der Waals surface area contributed by atoms with E-state index in [1.165, 1.54) is 6.07 Å². The van der Waals surface area contributed by atoms with E-state index in [9.17, 15) is 15.2 Å². The van der Waals surface area contributed by atoms with Gasteiger partial charge in [0, 0.05) is 22.4 Å². The summed E-state index contributed by atoms with van der Waals surface area (Å²) in [4.78, 5) is 10.7. The molecule has 4 rings (SSSR count). The number of nitrogens with zero attached hydrogens (tertiary/aromatic N) is 1. The zero-order valence-electron chi connectivity index (χ0n) is 13.5. The molecule has 0 saturated carbocycles. The third-order valence-corrected chi connectivity index (χ3v) is 4.56. The van der Waals surface area contributed by atoms with Gasteiger partial charge in [-0.1, -0.05) is 42.5 Å². The molecule has 124 valence electrons. The third-order valence-electron chi connectivity index (χ3n) is 4.56. The molecule has 5 heteroatoms. The minimum absolute atomic E-state index is 0.00126.